The summed E-state index contributed by atoms with van der Waals surface area (Å²) in [5.74, 6) is 1.03. The molecule has 1 saturated heterocycles. The molecule has 0 saturated carbocycles. The van der Waals surface area contributed by atoms with Gasteiger partial charge in [-0.1, -0.05) is 42.1 Å². The number of hydrogen-bond donors (Lipinski definition) is 0. The minimum absolute atomic E-state index is 0.243. The lowest BCUT2D eigenvalue weighted by Crippen LogP contribution is -2.22. The van der Waals surface area contributed by atoms with E-state index in [1.807, 2.05) is 36.4 Å². The van der Waals surface area contributed by atoms with Crippen molar-refractivity contribution in [1.29, 1.82) is 0 Å². The maximum Gasteiger partial charge on any atom is 0.286 e. The molecule has 2 aromatic carbocycles. The molecular weight excluding hydrogens is 368 g/mol. The minimum atomic E-state index is -0.243. The third kappa shape index (κ3) is 3.95. The van der Waals surface area contributed by atoms with Gasteiger partial charge in [-0.2, -0.15) is 10.1 Å². The number of benzene rings is 2. The van der Waals surface area contributed by atoms with E-state index >= 15 is 0 Å². The fourth-order valence-corrected chi connectivity index (χ4v) is 3.48. The first kappa shape index (κ1) is 18.2. The summed E-state index contributed by atoms with van der Waals surface area (Å²) in [7, 11) is 3.15. The quantitative estimate of drug-likeness (QED) is 0.444. The molecule has 132 valence electrons. The third-order valence-electron chi connectivity index (χ3n) is 3.62. The lowest BCUT2D eigenvalue weighted by Gasteiger charge is -2.09. The first-order chi connectivity index (χ1) is 12.6. The molecule has 0 aromatic heterocycles. The van der Waals surface area contributed by atoms with Gasteiger partial charge in [-0.25, -0.2) is 0 Å². The van der Waals surface area contributed by atoms with Crippen LogP contribution in [0.15, 0.2) is 58.5 Å². The van der Waals surface area contributed by atoms with E-state index in [1.165, 1.54) is 16.8 Å². The van der Waals surface area contributed by atoms with Crippen molar-refractivity contribution in [3.8, 4) is 11.5 Å². The topological polar surface area (TPSA) is 51.1 Å². The zero-order valence-corrected chi connectivity index (χ0v) is 15.8. The van der Waals surface area contributed by atoms with Crippen LogP contribution >= 0.6 is 24.0 Å². The zero-order chi connectivity index (χ0) is 18.5. The number of ether oxygens (including phenoxy) is 2. The summed E-state index contributed by atoms with van der Waals surface area (Å²) >= 11 is 6.52. The maximum atomic E-state index is 12.6. The van der Waals surface area contributed by atoms with E-state index in [2.05, 4.69) is 5.10 Å². The first-order valence-electron chi connectivity index (χ1n) is 7.71. The fraction of sp³-hybridized carbons (Fsp3) is 0.105. The first-order valence-corrected chi connectivity index (χ1v) is 8.94. The predicted molar refractivity (Wildman–Crippen MR) is 109 cm³/mol. The molecule has 5 nitrogen and oxygen atoms in total. The van der Waals surface area contributed by atoms with Crippen molar-refractivity contribution in [3.63, 3.8) is 0 Å². The number of nitrogens with zero attached hydrogens (tertiary/aromatic N) is 2. The summed E-state index contributed by atoms with van der Waals surface area (Å²) in [6.07, 6.45) is 3.36. The van der Waals surface area contributed by atoms with Crippen LogP contribution in [0.2, 0.25) is 0 Å². The van der Waals surface area contributed by atoms with E-state index in [1.54, 1.807) is 38.6 Å². The van der Waals surface area contributed by atoms with Crippen molar-refractivity contribution >= 4 is 46.5 Å². The van der Waals surface area contributed by atoms with E-state index in [9.17, 15) is 4.79 Å². The largest absolute Gasteiger partial charge is 0.497 e. The van der Waals surface area contributed by atoms with Crippen LogP contribution in [0.5, 0.6) is 11.5 Å². The minimum Gasteiger partial charge on any atom is -0.497 e. The van der Waals surface area contributed by atoms with Crippen LogP contribution in [-0.2, 0) is 4.79 Å². The molecule has 0 N–H and O–H groups in total. The third-order valence-corrected chi connectivity index (χ3v) is 4.91. The number of thiocarbonyl (C=S) groups is 1. The molecule has 0 radical (unpaired) electrons. The molecule has 1 fully saturated rings. The number of hydrogen-bond acceptors (Lipinski definition) is 6. The second-order valence-electron chi connectivity index (χ2n) is 5.26. The number of hydrazone groups is 1. The lowest BCUT2D eigenvalue weighted by atomic mass is 10.2. The monoisotopic (exact) mass is 384 g/mol. The highest BCUT2D eigenvalue weighted by Crippen LogP contribution is 2.33. The van der Waals surface area contributed by atoms with Crippen molar-refractivity contribution in [2.45, 2.75) is 0 Å². The predicted octanol–water partition coefficient (Wildman–Crippen LogP) is 3.94. The molecule has 1 aliphatic heterocycles. The molecule has 1 heterocycles. The molecule has 2 aromatic rings. The van der Waals surface area contributed by atoms with Crippen LogP contribution in [0, 0.1) is 0 Å². The van der Waals surface area contributed by atoms with Crippen molar-refractivity contribution in [2.24, 2.45) is 5.10 Å². The standard InChI is InChI=1S/C19H16N2O3S2/c1-23-15-9-8-14(16(11-15)24-2)12-20-21-18(22)17(26-19(21)25)10-13-6-4-3-5-7-13/h3-12H,1-2H3/b17-10+,20-12+. The van der Waals surface area contributed by atoms with Crippen LogP contribution in [-0.4, -0.2) is 35.7 Å². The smallest absolute Gasteiger partial charge is 0.286 e. The number of thioether (sulfide) groups is 1. The van der Waals surface area contributed by atoms with Gasteiger partial charge in [-0.3, -0.25) is 4.79 Å². The van der Waals surface area contributed by atoms with E-state index in [0.29, 0.717) is 20.7 Å². The van der Waals surface area contributed by atoms with Crippen LogP contribution in [0.3, 0.4) is 0 Å². The van der Waals surface area contributed by atoms with E-state index < -0.39 is 0 Å². The van der Waals surface area contributed by atoms with Gasteiger partial charge >= 0.3 is 0 Å². The van der Waals surface area contributed by atoms with Gasteiger partial charge in [-0.15, -0.1) is 0 Å². The van der Waals surface area contributed by atoms with Crippen LogP contribution < -0.4 is 9.47 Å². The molecular formula is C19H16N2O3S2. The fourth-order valence-electron chi connectivity index (χ4n) is 2.30. The average molecular weight is 384 g/mol. The normalized spacial score (nSPS) is 15.9. The Morgan fingerprint density at radius 2 is 1.88 bits per heavy atom. The van der Waals surface area contributed by atoms with Crippen LogP contribution in [0.4, 0.5) is 0 Å². The van der Waals surface area contributed by atoms with Crippen molar-refractivity contribution in [1.82, 2.24) is 5.01 Å². The summed E-state index contributed by atoms with van der Waals surface area (Å²) in [6, 6.07) is 15.0. The van der Waals surface area contributed by atoms with Gasteiger partial charge in [0.15, 0.2) is 4.32 Å². The van der Waals surface area contributed by atoms with Crippen LogP contribution in [0.25, 0.3) is 6.08 Å². The molecule has 0 bridgehead atoms. The Balaban J connectivity index is 1.82. The molecule has 1 aliphatic rings. The molecule has 0 atom stereocenters. The van der Waals surface area contributed by atoms with Crippen molar-refractivity contribution in [3.05, 3.63) is 64.6 Å². The van der Waals surface area contributed by atoms with Crippen molar-refractivity contribution < 1.29 is 14.3 Å². The summed E-state index contributed by atoms with van der Waals surface area (Å²) < 4.78 is 10.9. The number of methoxy groups -OCH3 is 2. The highest BCUT2D eigenvalue weighted by atomic mass is 32.2. The van der Waals surface area contributed by atoms with Gasteiger partial charge in [0.2, 0.25) is 0 Å². The molecule has 0 aliphatic carbocycles. The Kier molecular flexibility index (Phi) is 5.70. The highest BCUT2D eigenvalue weighted by Gasteiger charge is 2.32. The molecule has 26 heavy (non-hydrogen) atoms. The Bertz CT molecular complexity index is 895. The van der Waals surface area contributed by atoms with E-state index in [4.69, 9.17) is 21.7 Å². The van der Waals surface area contributed by atoms with Gasteiger partial charge < -0.3 is 9.47 Å². The molecule has 3 rings (SSSR count). The molecule has 7 heteroatoms. The number of carbonyl (C=O) groups is 1. The molecule has 0 spiro atoms. The maximum absolute atomic E-state index is 12.6. The van der Waals surface area contributed by atoms with E-state index in [0.717, 1.165) is 11.1 Å². The SMILES string of the molecule is COc1ccc(/C=N/N2C(=O)/C(=C\c3ccccc3)SC2=S)c(OC)c1. The summed E-state index contributed by atoms with van der Waals surface area (Å²) in [5, 5.41) is 5.47. The zero-order valence-electron chi connectivity index (χ0n) is 14.2. The highest BCUT2D eigenvalue weighted by molar-refractivity contribution is 8.26. The number of rotatable bonds is 5. The summed E-state index contributed by atoms with van der Waals surface area (Å²) in [4.78, 5) is 13.1. The number of amides is 1. The molecule has 0 unspecified atom stereocenters. The Labute approximate surface area is 161 Å². The average Bonchev–Trinajstić information content (AvgIpc) is 2.93. The van der Waals surface area contributed by atoms with Gasteiger partial charge in [-0.05, 0) is 36.0 Å². The van der Waals surface area contributed by atoms with Gasteiger partial charge in [0.25, 0.3) is 5.91 Å². The Morgan fingerprint density at radius 3 is 2.58 bits per heavy atom. The lowest BCUT2D eigenvalue weighted by molar-refractivity contribution is -0.122. The summed E-state index contributed by atoms with van der Waals surface area (Å²) in [5.41, 5.74) is 1.66. The van der Waals surface area contributed by atoms with E-state index in [-0.39, 0.29) is 5.91 Å². The Morgan fingerprint density at radius 1 is 1.12 bits per heavy atom. The van der Waals surface area contributed by atoms with Gasteiger partial charge in [0, 0.05) is 11.6 Å². The second kappa shape index (κ2) is 8.16. The van der Waals surface area contributed by atoms with Crippen LogP contribution in [0.1, 0.15) is 11.1 Å². The molecule has 1 amide bonds. The van der Waals surface area contributed by atoms with Gasteiger partial charge in [0.05, 0.1) is 25.3 Å². The Hall–Kier alpha value is -2.64. The van der Waals surface area contributed by atoms with Crippen molar-refractivity contribution in [2.75, 3.05) is 14.2 Å². The van der Waals surface area contributed by atoms with Gasteiger partial charge in [0.1, 0.15) is 11.5 Å². The number of carbonyl (C=O) groups excluding carboxylic acids is 1. The second-order valence-corrected chi connectivity index (χ2v) is 6.93. The summed E-state index contributed by atoms with van der Waals surface area (Å²) in [6.45, 7) is 0.